The number of nitrogens with zero attached hydrogens (tertiary/aromatic N) is 3. The number of nitrogens with two attached hydrogens (primary N) is 1. The number of ether oxygens (including phenoxy) is 1. The van der Waals surface area contributed by atoms with Crippen LogP contribution in [-0.2, 0) is 4.74 Å². The van der Waals surface area contributed by atoms with Crippen LogP contribution in [0.3, 0.4) is 0 Å². The highest BCUT2D eigenvalue weighted by Gasteiger charge is 2.26. The van der Waals surface area contributed by atoms with E-state index in [0.29, 0.717) is 0 Å². The lowest BCUT2D eigenvalue weighted by Crippen LogP contribution is -2.34. The standard InChI is InChI=1S/C16H24N4O/c1-3-10-20(11-12-21-4-2)15-8-7-14(19-17)16-13(15)6-5-9-18-16/h5-9,16H,3-4,10-12,17H2,1-2H3. The Bertz CT molecular complexity index is 502. The molecule has 0 fully saturated rings. The molecule has 2 N–H and O–H groups in total. The summed E-state index contributed by atoms with van der Waals surface area (Å²) in [6, 6.07) is -0.0774. The van der Waals surface area contributed by atoms with Crippen molar-refractivity contribution in [1.29, 1.82) is 0 Å². The Balaban J connectivity index is 2.25. The van der Waals surface area contributed by atoms with Crippen molar-refractivity contribution >= 4 is 11.9 Å². The van der Waals surface area contributed by atoms with E-state index in [1.165, 1.54) is 5.70 Å². The predicted molar refractivity (Wildman–Crippen MR) is 87.6 cm³/mol. The Morgan fingerprint density at radius 2 is 2.14 bits per heavy atom. The predicted octanol–water partition coefficient (Wildman–Crippen LogP) is 1.88. The average Bonchev–Trinajstić information content (AvgIpc) is 2.53. The Hall–Kier alpha value is -1.88. The fourth-order valence-electron chi connectivity index (χ4n) is 2.61. The summed E-state index contributed by atoms with van der Waals surface area (Å²) in [5.41, 5.74) is 3.16. The Morgan fingerprint density at radius 3 is 2.86 bits per heavy atom. The van der Waals surface area contributed by atoms with E-state index in [1.807, 2.05) is 19.1 Å². The van der Waals surface area contributed by atoms with Crippen molar-refractivity contribution in [2.75, 3.05) is 26.3 Å². The van der Waals surface area contributed by atoms with E-state index < -0.39 is 0 Å². The molecule has 2 aliphatic rings. The van der Waals surface area contributed by atoms with Crippen molar-refractivity contribution < 1.29 is 4.74 Å². The van der Waals surface area contributed by atoms with Gasteiger partial charge in [-0.15, -0.1) is 0 Å². The fourth-order valence-corrected chi connectivity index (χ4v) is 2.61. The summed E-state index contributed by atoms with van der Waals surface area (Å²) in [6.07, 6.45) is 11.0. The normalized spacial score (nSPS) is 22.0. The van der Waals surface area contributed by atoms with Gasteiger partial charge in [-0.3, -0.25) is 4.99 Å². The van der Waals surface area contributed by atoms with E-state index >= 15 is 0 Å². The Morgan fingerprint density at radius 1 is 1.29 bits per heavy atom. The first-order chi connectivity index (χ1) is 10.3. The van der Waals surface area contributed by atoms with Gasteiger partial charge >= 0.3 is 0 Å². The molecule has 5 nitrogen and oxygen atoms in total. The molecule has 0 radical (unpaired) electrons. The van der Waals surface area contributed by atoms with E-state index in [9.17, 15) is 0 Å². The molecule has 0 bridgehead atoms. The maximum absolute atomic E-state index is 5.50. The first-order valence-corrected chi connectivity index (χ1v) is 7.54. The number of dihydropyridines is 1. The lowest BCUT2D eigenvalue weighted by Gasteiger charge is -2.32. The minimum atomic E-state index is -0.0774. The lowest BCUT2D eigenvalue weighted by atomic mass is 9.92. The smallest absolute Gasteiger partial charge is 0.121 e. The van der Waals surface area contributed by atoms with Crippen LogP contribution in [0.4, 0.5) is 0 Å². The van der Waals surface area contributed by atoms with Gasteiger partial charge in [0.2, 0.25) is 0 Å². The van der Waals surface area contributed by atoms with Crippen LogP contribution in [-0.4, -0.2) is 49.2 Å². The summed E-state index contributed by atoms with van der Waals surface area (Å²) in [5, 5.41) is 3.85. The molecule has 1 unspecified atom stereocenters. The number of hydrazone groups is 1. The molecular formula is C16H24N4O. The molecule has 0 aromatic rings. The molecule has 1 heterocycles. The third-order valence-corrected chi connectivity index (χ3v) is 3.57. The van der Waals surface area contributed by atoms with E-state index in [4.69, 9.17) is 10.6 Å². The quantitative estimate of drug-likeness (QED) is 0.442. The van der Waals surface area contributed by atoms with Gasteiger partial charge in [0.15, 0.2) is 0 Å². The second-order valence-electron chi connectivity index (χ2n) is 4.97. The molecule has 1 aliphatic carbocycles. The first-order valence-electron chi connectivity index (χ1n) is 7.54. The summed E-state index contributed by atoms with van der Waals surface area (Å²) in [4.78, 5) is 6.86. The molecule has 2 rings (SSSR count). The monoisotopic (exact) mass is 288 g/mol. The molecule has 0 saturated heterocycles. The number of allylic oxidation sites excluding steroid dienone is 2. The lowest BCUT2D eigenvalue weighted by molar-refractivity contribution is 0.125. The maximum atomic E-state index is 5.50. The summed E-state index contributed by atoms with van der Waals surface area (Å²) in [5.74, 6) is 5.47. The van der Waals surface area contributed by atoms with Crippen molar-refractivity contribution in [3.05, 3.63) is 35.6 Å². The molecule has 114 valence electrons. The second-order valence-corrected chi connectivity index (χ2v) is 4.97. The number of hydrogen-bond acceptors (Lipinski definition) is 5. The highest BCUT2D eigenvalue weighted by Crippen LogP contribution is 2.26. The topological polar surface area (TPSA) is 63.2 Å². The van der Waals surface area contributed by atoms with Crippen LogP contribution in [0.25, 0.3) is 0 Å². The number of rotatable bonds is 7. The molecule has 0 amide bonds. The van der Waals surface area contributed by atoms with Crippen molar-refractivity contribution in [2.24, 2.45) is 15.9 Å². The molecule has 0 spiro atoms. The van der Waals surface area contributed by atoms with Crippen molar-refractivity contribution in [2.45, 2.75) is 26.3 Å². The molecule has 5 heteroatoms. The van der Waals surface area contributed by atoms with Crippen LogP contribution in [0.15, 0.2) is 45.7 Å². The average molecular weight is 288 g/mol. The Kier molecular flexibility index (Phi) is 5.75. The third-order valence-electron chi connectivity index (χ3n) is 3.57. The molecular weight excluding hydrogens is 264 g/mol. The fraction of sp³-hybridized carbons (Fsp3) is 0.500. The van der Waals surface area contributed by atoms with E-state index in [-0.39, 0.29) is 6.04 Å². The van der Waals surface area contributed by atoms with Crippen molar-refractivity contribution in [3.8, 4) is 0 Å². The van der Waals surface area contributed by atoms with Gasteiger partial charge in [0.05, 0.1) is 12.3 Å². The van der Waals surface area contributed by atoms with Crippen molar-refractivity contribution in [3.63, 3.8) is 0 Å². The molecule has 0 aromatic heterocycles. The van der Waals surface area contributed by atoms with Gasteiger partial charge in [0, 0.05) is 37.2 Å². The molecule has 1 aliphatic heterocycles. The third kappa shape index (κ3) is 3.61. The van der Waals surface area contributed by atoms with E-state index in [1.54, 1.807) is 6.21 Å². The summed E-state index contributed by atoms with van der Waals surface area (Å²) in [6.45, 7) is 7.56. The molecule has 0 saturated carbocycles. The van der Waals surface area contributed by atoms with Crippen LogP contribution in [0, 0.1) is 0 Å². The van der Waals surface area contributed by atoms with Gasteiger partial charge in [-0.05, 0) is 31.6 Å². The van der Waals surface area contributed by atoms with Gasteiger partial charge in [-0.1, -0.05) is 13.0 Å². The number of hydrogen-bond donors (Lipinski definition) is 1. The molecule has 1 atom stereocenters. The van der Waals surface area contributed by atoms with Crippen LogP contribution >= 0.6 is 0 Å². The van der Waals surface area contributed by atoms with E-state index in [2.05, 4.69) is 34.1 Å². The van der Waals surface area contributed by atoms with E-state index in [0.717, 1.165) is 44.0 Å². The van der Waals surface area contributed by atoms with Gasteiger partial charge in [0.1, 0.15) is 6.04 Å². The van der Waals surface area contributed by atoms with Gasteiger partial charge < -0.3 is 15.5 Å². The number of fused-ring (bicyclic) bond motifs is 1. The summed E-state index contributed by atoms with van der Waals surface area (Å²) in [7, 11) is 0. The summed E-state index contributed by atoms with van der Waals surface area (Å²) >= 11 is 0. The van der Waals surface area contributed by atoms with Gasteiger partial charge in [-0.25, -0.2) is 0 Å². The Labute approximate surface area is 126 Å². The SMILES string of the molecule is CCCN(CCOCC)C1=C2C=CC=NC2C(=NN)C=C1. The highest BCUT2D eigenvalue weighted by molar-refractivity contribution is 6.05. The zero-order valence-corrected chi connectivity index (χ0v) is 12.8. The van der Waals surface area contributed by atoms with Crippen molar-refractivity contribution in [1.82, 2.24) is 4.90 Å². The van der Waals surface area contributed by atoms with Gasteiger partial charge in [-0.2, -0.15) is 5.10 Å². The minimum absolute atomic E-state index is 0.0774. The first kappa shape index (κ1) is 15.5. The zero-order valence-electron chi connectivity index (χ0n) is 12.8. The van der Waals surface area contributed by atoms with Crippen LogP contribution in [0.5, 0.6) is 0 Å². The minimum Gasteiger partial charge on any atom is -0.380 e. The van der Waals surface area contributed by atoms with Crippen LogP contribution in [0.1, 0.15) is 20.3 Å². The highest BCUT2D eigenvalue weighted by atomic mass is 16.5. The number of aliphatic imine (C=N–C) groups is 1. The van der Waals surface area contributed by atoms with Crippen LogP contribution < -0.4 is 5.84 Å². The van der Waals surface area contributed by atoms with Gasteiger partial charge in [0.25, 0.3) is 0 Å². The largest absolute Gasteiger partial charge is 0.380 e. The maximum Gasteiger partial charge on any atom is 0.121 e. The molecule has 21 heavy (non-hydrogen) atoms. The molecule has 0 aromatic carbocycles. The zero-order chi connectivity index (χ0) is 15.1. The summed E-state index contributed by atoms with van der Waals surface area (Å²) < 4.78 is 5.50. The second kappa shape index (κ2) is 7.78. The van der Waals surface area contributed by atoms with Crippen LogP contribution in [0.2, 0.25) is 0 Å².